The Hall–Kier alpha value is -1.78. The van der Waals surface area contributed by atoms with Gasteiger partial charge in [-0.05, 0) is 64.5 Å². The minimum Gasteiger partial charge on any atom is -0.455 e. The molecule has 1 heterocycles. The first-order valence-corrected chi connectivity index (χ1v) is 10.6. The van der Waals surface area contributed by atoms with Gasteiger partial charge in [-0.1, -0.05) is 11.6 Å². The highest BCUT2D eigenvalue weighted by atomic mass is 127. The van der Waals surface area contributed by atoms with Crippen molar-refractivity contribution in [1.29, 1.82) is 5.26 Å². The van der Waals surface area contributed by atoms with Crippen LogP contribution in [-0.4, -0.2) is 17.8 Å². The van der Waals surface area contributed by atoms with Gasteiger partial charge in [0.15, 0.2) is 0 Å². The van der Waals surface area contributed by atoms with E-state index in [9.17, 15) is 13.7 Å². The van der Waals surface area contributed by atoms with Crippen LogP contribution in [-0.2, 0) is 10.0 Å². The van der Waals surface area contributed by atoms with Gasteiger partial charge in [-0.25, -0.2) is 18.5 Å². The SMILES string of the molecule is N#Cc1c(Oc2ccc(Cl)cc2I)ccc(-c2ncns2)c1S(N)(=O)=O. The Morgan fingerprint density at radius 3 is 2.58 bits per heavy atom. The molecule has 0 aliphatic carbocycles. The molecule has 0 unspecified atom stereocenters. The maximum absolute atomic E-state index is 12.2. The zero-order chi connectivity index (χ0) is 18.9. The van der Waals surface area contributed by atoms with E-state index in [0.29, 0.717) is 19.3 Å². The van der Waals surface area contributed by atoms with Crippen molar-refractivity contribution in [2.45, 2.75) is 4.90 Å². The molecule has 0 spiro atoms. The molecule has 0 aliphatic heterocycles. The predicted molar refractivity (Wildman–Crippen MR) is 106 cm³/mol. The molecule has 0 saturated heterocycles. The van der Waals surface area contributed by atoms with Gasteiger partial charge in [-0.3, -0.25) is 0 Å². The smallest absolute Gasteiger partial charge is 0.240 e. The van der Waals surface area contributed by atoms with Gasteiger partial charge in [-0.2, -0.15) is 9.64 Å². The molecule has 3 rings (SSSR count). The average molecular weight is 519 g/mol. The third-order valence-electron chi connectivity index (χ3n) is 3.22. The number of hydrogen-bond donors (Lipinski definition) is 1. The Labute approximate surface area is 171 Å². The lowest BCUT2D eigenvalue weighted by molar-refractivity contribution is 0.475. The largest absolute Gasteiger partial charge is 0.455 e. The summed E-state index contributed by atoms with van der Waals surface area (Å²) in [6, 6.07) is 9.78. The predicted octanol–water partition coefficient (Wildman–Crippen LogP) is 3.77. The van der Waals surface area contributed by atoms with E-state index in [2.05, 4.69) is 9.36 Å². The molecule has 26 heavy (non-hydrogen) atoms. The second kappa shape index (κ2) is 7.45. The summed E-state index contributed by atoms with van der Waals surface area (Å²) < 4.78 is 34.6. The van der Waals surface area contributed by atoms with Crippen LogP contribution in [0.5, 0.6) is 11.5 Å². The van der Waals surface area contributed by atoms with Crippen molar-refractivity contribution in [3.8, 4) is 28.1 Å². The minimum absolute atomic E-state index is 0.0602. The quantitative estimate of drug-likeness (QED) is 0.525. The Balaban J connectivity index is 2.21. The van der Waals surface area contributed by atoms with E-state index in [1.807, 2.05) is 28.7 Å². The molecule has 3 aromatic rings. The molecule has 0 saturated carbocycles. The van der Waals surface area contributed by atoms with Gasteiger partial charge in [0.25, 0.3) is 0 Å². The summed E-state index contributed by atoms with van der Waals surface area (Å²) in [4.78, 5) is 3.65. The van der Waals surface area contributed by atoms with Gasteiger partial charge in [0, 0.05) is 10.6 Å². The number of primary sulfonamides is 1. The summed E-state index contributed by atoms with van der Waals surface area (Å²) in [6.45, 7) is 0. The van der Waals surface area contributed by atoms with Crippen LogP contribution >= 0.6 is 45.7 Å². The lowest BCUT2D eigenvalue weighted by Gasteiger charge is -2.13. The first-order valence-electron chi connectivity index (χ1n) is 6.81. The number of ether oxygens (including phenoxy) is 1. The van der Waals surface area contributed by atoms with Crippen molar-refractivity contribution in [2.75, 3.05) is 0 Å². The highest BCUT2D eigenvalue weighted by Gasteiger charge is 2.26. The molecule has 11 heteroatoms. The molecule has 0 fully saturated rings. The lowest BCUT2D eigenvalue weighted by Crippen LogP contribution is -2.16. The Morgan fingerprint density at radius 2 is 2.00 bits per heavy atom. The second-order valence-electron chi connectivity index (χ2n) is 4.90. The normalized spacial score (nSPS) is 11.2. The Morgan fingerprint density at radius 1 is 1.27 bits per heavy atom. The van der Waals surface area contributed by atoms with E-state index in [0.717, 1.165) is 11.5 Å². The van der Waals surface area contributed by atoms with Crippen molar-refractivity contribution < 1.29 is 13.2 Å². The fraction of sp³-hybridized carbons (Fsp3) is 0. The van der Waals surface area contributed by atoms with Gasteiger partial charge in [-0.15, -0.1) is 0 Å². The van der Waals surface area contributed by atoms with Gasteiger partial charge < -0.3 is 4.74 Å². The summed E-state index contributed by atoms with van der Waals surface area (Å²) in [6.07, 6.45) is 1.29. The molecule has 0 amide bonds. The fourth-order valence-electron chi connectivity index (χ4n) is 2.19. The maximum Gasteiger partial charge on any atom is 0.240 e. The third-order valence-corrected chi connectivity index (χ3v) is 5.99. The standard InChI is InChI=1S/C15H8ClIN4O3S2/c16-8-1-3-13(11(17)5-8)24-12-4-2-9(15-20-7-21-25-15)14(10(12)6-18)26(19,22)23/h1-5,7H,(H2,19,22,23). The van der Waals surface area contributed by atoms with Crippen LogP contribution < -0.4 is 9.88 Å². The molecule has 1 aromatic heterocycles. The van der Waals surface area contributed by atoms with Crippen molar-refractivity contribution >= 4 is 55.7 Å². The van der Waals surface area contributed by atoms with E-state index in [1.165, 1.54) is 18.5 Å². The Kier molecular flexibility index (Phi) is 5.44. The summed E-state index contributed by atoms with van der Waals surface area (Å²) in [5.41, 5.74) is -0.00402. The van der Waals surface area contributed by atoms with Crippen molar-refractivity contribution in [2.24, 2.45) is 5.14 Å². The zero-order valence-electron chi connectivity index (χ0n) is 12.7. The summed E-state index contributed by atoms with van der Waals surface area (Å²) >= 11 is 8.94. The van der Waals surface area contributed by atoms with Gasteiger partial charge in [0.1, 0.15) is 39.4 Å². The summed E-state index contributed by atoms with van der Waals surface area (Å²) in [7, 11) is -4.22. The Bertz CT molecular complexity index is 1130. The molecular weight excluding hydrogens is 511 g/mol. The highest BCUT2D eigenvalue weighted by Crippen LogP contribution is 2.38. The molecule has 7 nitrogen and oxygen atoms in total. The maximum atomic E-state index is 12.2. The highest BCUT2D eigenvalue weighted by molar-refractivity contribution is 14.1. The topological polar surface area (TPSA) is 119 Å². The van der Waals surface area contributed by atoms with Crippen molar-refractivity contribution in [3.05, 3.63) is 50.8 Å². The minimum atomic E-state index is -4.22. The number of rotatable bonds is 4. The number of benzene rings is 2. The van der Waals surface area contributed by atoms with E-state index in [-0.39, 0.29) is 21.8 Å². The van der Waals surface area contributed by atoms with E-state index < -0.39 is 10.0 Å². The molecule has 0 aliphatic rings. The molecule has 2 N–H and O–H groups in total. The van der Waals surface area contributed by atoms with E-state index >= 15 is 0 Å². The number of halogens is 2. The molecule has 2 aromatic carbocycles. The molecule has 0 radical (unpaired) electrons. The number of sulfonamides is 1. The first kappa shape index (κ1) is 19.0. The average Bonchev–Trinajstić information content (AvgIpc) is 3.10. The van der Waals surface area contributed by atoms with Crippen molar-refractivity contribution in [3.63, 3.8) is 0 Å². The number of hydrogen-bond acceptors (Lipinski definition) is 7. The lowest BCUT2D eigenvalue weighted by atomic mass is 10.1. The summed E-state index contributed by atoms with van der Waals surface area (Å²) in [5, 5.41) is 15.8. The molecular formula is C15H8ClIN4O3S2. The molecule has 132 valence electrons. The van der Waals surface area contributed by atoms with Gasteiger partial charge in [0.2, 0.25) is 10.0 Å². The number of nitriles is 1. The molecule has 0 bridgehead atoms. The van der Waals surface area contributed by atoms with Crippen LogP contribution in [0.25, 0.3) is 10.6 Å². The van der Waals surface area contributed by atoms with Crippen LogP contribution in [0.4, 0.5) is 0 Å². The molecule has 0 atom stereocenters. The van der Waals surface area contributed by atoms with E-state index in [1.54, 1.807) is 18.2 Å². The van der Waals surface area contributed by atoms with Crippen LogP contribution in [0.3, 0.4) is 0 Å². The van der Waals surface area contributed by atoms with E-state index in [4.69, 9.17) is 21.5 Å². The van der Waals surface area contributed by atoms with Crippen LogP contribution in [0.1, 0.15) is 5.56 Å². The second-order valence-corrected chi connectivity index (χ2v) is 8.77. The van der Waals surface area contributed by atoms with Gasteiger partial charge in [0.05, 0.1) is 3.57 Å². The zero-order valence-corrected chi connectivity index (χ0v) is 17.2. The number of nitrogens with two attached hydrogens (primary N) is 1. The first-order chi connectivity index (χ1) is 12.3. The number of aromatic nitrogens is 2. The number of nitrogens with zero attached hydrogens (tertiary/aromatic N) is 3. The van der Waals surface area contributed by atoms with Gasteiger partial charge >= 0.3 is 0 Å². The monoisotopic (exact) mass is 518 g/mol. The van der Waals surface area contributed by atoms with Crippen LogP contribution in [0, 0.1) is 14.9 Å². The van der Waals surface area contributed by atoms with Crippen LogP contribution in [0.2, 0.25) is 5.02 Å². The van der Waals surface area contributed by atoms with Crippen molar-refractivity contribution in [1.82, 2.24) is 9.36 Å². The summed E-state index contributed by atoms with van der Waals surface area (Å²) in [5.74, 6) is 0.487. The third kappa shape index (κ3) is 3.81. The fourth-order valence-corrected chi connectivity index (χ4v) is 4.69. The van der Waals surface area contributed by atoms with Crippen LogP contribution in [0.15, 0.2) is 41.6 Å².